The monoisotopic (exact) mass is 347 g/mol. The van der Waals surface area contributed by atoms with Crippen LogP contribution in [0.5, 0.6) is 0 Å². The fraction of sp³-hybridized carbons (Fsp3) is 0.133. The van der Waals surface area contributed by atoms with Crippen LogP contribution in [0.15, 0.2) is 42.5 Å². The van der Waals surface area contributed by atoms with Gasteiger partial charge in [0.05, 0.1) is 5.97 Å². The quantitative estimate of drug-likeness (QED) is 0.867. The van der Waals surface area contributed by atoms with Gasteiger partial charge in [-0.25, -0.2) is 0 Å². The minimum absolute atomic E-state index is 0. The van der Waals surface area contributed by atoms with E-state index >= 15 is 0 Å². The molecule has 3 nitrogen and oxygen atoms in total. The summed E-state index contributed by atoms with van der Waals surface area (Å²) in [4.78, 5) is 11.0. The Labute approximate surface area is 128 Å². The van der Waals surface area contributed by atoms with Gasteiger partial charge in [0.2, 0.25) is 0 Å². The largest absolute Gasteiger partial charge is 1.00 e. The van der Waals surface area contributed by atoms with Crippen molar-refractivity contribution >= 4 is 17.3 Å². The van der Waals surface area contributed by atoms with Gasteiger partial charge in [0, 0.05) is 16.9 Å². The fourth-order valence-electron chi connectivity index (χ4n) is 1.80. The summed E-state index contributed by atoms with van der Waals surface area (Å²) in [6.45, 7) is 4.02. The molecule has 0 aromatic heterocycles. The number of para-hydroxylation sites is 1. The third kappa shape index (κ3) is 3.47. The van der Waals surface area contributed by atoms with Gasteiger partial charge in [0.25, 0.3) is 0 Å². The van der Waals surface area contributed by atoms with E-state index in [0.717, 1.165) is 16.8 Å². The topological polar surface area (TPSA) is 52.2 Å². The summed E-state index contributed by atoms with van der Waals surface area (Å²) in [5.41, 5.74) is 3.88. The molecule has 0 fully saturated rings. The molecule has 1 N–H and O–H groups in total. The average molecular weight is 348 g/mol. The Morgan fingerprint density at radius 2 is 1.63 bits per heavy atom. The van der Waals surface area contributed by atoms with Crippen LogP contribution < -0.4 is 10.4 Å². The van der Waals surface area contributed by atoms with Crippen molar-refractivity contribution in [3.05, 3.63) is 59.2 Å². The molecule has 4 heteroatoms. The van der Waals surface area contributed by atoms with E-state index in [9.17, 15) is 9.90 Å². The van der Waals surface area contributed by atoms with Crippen molar-refractivity contribution in [3.63, 3.8) is 0 Å². The van der Waals surface area contributed by atoms with Crippen LogP contribution in [0.2, 0.25) is 0 Å². The molecule has 0 aliphatic heterocycles. The number of anilines is 2. The summed E-state index contributed by atoms with van der Waals surface area (Å²) in [7, 11) is 0. The number of rotatable bonds is 3. The SMILES string of the molecule is Cc1cccc(Nc2ccccc2C(=O)[O-])c1C.[Ag+]. The summed E-state index contributed by atoms with van der Waals surface area (Å²) in [5, 5.41) is 14.2. The fourth-order valence-corrected chi connectivity index (χ4v) is 1.80. The van der Waals surface area contributed by atoms with Gasteiger partial charge >= 0.3 is 22.4 Å². The Morgan fingerprint density at radius 1 is 1.00 bits per heavy atom. The van der Waals surface area contributed by atoms with E-state index in [1.165, 1.54) is 6.07 Å². The number of carboxylic acids is 1. The first-order valence-electron chi connectivity index (χ1n) is 5.73. The van der Waals surface area contributed by atoms with Crippen molar-refractivity contribution in [1.29, 1.82) is 0 Å². The number of nitrogens with one attached hydrogen (secondary N) is 1. The van der Waals surface area contributed by atoms with Crippen molar-refractivity contribution in [1.82, 2.24) is 0 Å². The Morgan fingerprint density at radius 3 is 2.32 bits per heavy atom. The van der Waals surface area contributed by atoms with Crippen LogP contribution in [0.3, 0.4) is 0 Å². The number of carbonyl (C=O) groups is 1. The van der Waals surface area contributed by atoms with Crippen molar-refractivity contribution < 1.29 is 32.3 Å². The first-order valence-corrected chi connectivity index (χ1v) is 5.73. The zero-order valence-corrected chi connectivity index (χ0v) is 12.1. The number of benzene rings is 2. The minimum Gasteiger partial charge on any atom is -0.545 e. The van der Waals surface area contributed by atoms with Gasteiger partial charge in [-0.3, -0.25) is 0 Å². The summed E-state index contributed by atoms with van der Waals surface area (Å²) in [6, 6.07) is 12.6. The van der Waals surface area contributed by atoms with Crippen LogP contribution in [0.1, 0.15) is 21.5 Å². The number of aromatic carboxylic acids is 1. The van der Waals surface area contributed by atoms with Gasteiger partial charge < -0.3 is 15.2 Å². The normalized spacial score (nSPS) is 9.58. The van der Waals surface area contributed by atoms with Crippen molar-refractivity contribution in [2.45, 2.75) is 13.8 Å². The molecule has 0 spiro atoms. The third-order valence-electron chi connectivity index (χ3n) is 3.02. The van der Waals surface area contributed by atoms with Crippen molar-refractivity contribution in [2.24, 2.45) is 0 Å². The molecular formula is C15H14AgNO2. The molecule has 2 aromatic carbocycles. The molecule has 102 valence electrons. The van der Waals surface area contributed by atoms with Gasteiger partial charge in [-0.15, -0.1) is 0 Å². The molecule has 0 atom stereocenters. The maximum absolute atomic E-state index is 11.0. The molecule has 0 saturated carbocycles. The van der Waals surface area contributed by atoms with E-state index < -0.39 is 5.97 Å². The smallest absolute Gasteiger partial charge is 0.545 e. The third-order valence-corrected chi connectivity index (χ3v) is 3.02. The molecule has 0 heterocycles. The molecule has 0 saturated heterocycles. The zero-order chi connectivity index (χ0) is 13.1. The van der Waals surface area contributed by atoms with Crippen molar-refractivity contribution in [2.75, 3.05) is 5.32 Å². The first kappa shape index (κ1) is 15.5. The Bertz CT molecular complexity index is 596. The average Bonchev–Trinajstić information content (AvgIpc) is 2.35. The van der Waals surface area contributed by atoms with Gasteiger partial charge in [-0.1, -0.05) is 30.3 Å². The van der Waals surface area contributed by atoms with Crippen LogP contribution in [0.25, 0.3) is 0 Å². The Hall–Kier alpha value is -1.55. The minimum atomic E-state index is -1.18. The molecule has 19 heavy (non-hydrogen) atoms. The summed E-state index contributed by atoms with van der Waals surface area (Å²) in [5.74, 6) is -1.18. The second-order valence-corrected chi connectivity index (χ2v) is 4.21. The number of carbonyl (C=O) groups excluding carboxylic acids is 1. The molecule has 0 aliphatic rings. The Balaban J connectivity index is 0.00000180. The van der Waals surface area contributed by atoms with Crippen LogP contribution in [-0.2, 0) is 22.4 Å². The van der Waals surface area contributed by atoms with Gasteiger partial charge in [-0.2, -0.15) is 0 Å². The molecule has 2 rings (SSSR count). The van der Waals surface area contributed by atoms with E-state index in [-0.39, 0.29) is 27.9 Å². The van der Waals surface area contributed by atoms with Crippen LogP contribution in [-0.4, -0.2) is 5.97 Å². The van der Waals surface area contributed by atoms with Crippen molar-refractivity contribution in [3.8, 4) is 0 Å². The van der Waals surface area contributed by atoms with Crippen LogP contribution >= 0.6 is 0 Å². The number of hydrogen-bond donors (Lipinski definition) is 1. The first-order chi connectivity index (χ1) is 8.59. The standard InChI is InChI=1S/C15H15NO2.Ag/c1-10-6-5-9-13(11(10)2)16-14-8-4-3-7-12(14)15(17)18;/h3-9,16H,1-2H3,(H,17,18);/q;+1/p-1. The summed E-state index contributed by atoms with van der Waals surface area (Å²) < 4.78 is 0. The van der Waals surface area contributed by atoms with Gasteiger partial charge in [0.1, 0.15) is 0 Å². The molecule has 0 radical (unpaired) electrons. The molecule has 2 aromatic rings. The predicted octanol–water partition coefficient (Wildman–Crippen LogP) is 2.41. The van der Waals surface area contributed by atoms with E-state index in [0.29, 0.717) is 5.69 Å². The van der Waals surface area contributed by atoms with E-state index in [1.54, 1.807) is 18.2 Å². The second-order valence-electron chi connectivity index (χ2n) is 4.21. The van der Waals surface area contributed by atoms with E-state index in [4.69, 9.17) is 0 Å². The predicted molar refractivity (Wildman–Crippen MR) is 70.0 cm³/mol. The second kappa shape index (κ2) is 6.57. The van der Waals surface area contributed by atoms with E-state index in [1.807, 2.05) is 32.0 Å². The molecule has 0 aliphatic carbocycles. The number of hydrogen-bond acceptors (Lipinski definition) is 3. The van der Waals surface area contributed by atoms with E-state index in [2.05, 4.69) is 5.32 Å². The molecule has 0 bridgehead atoms. The van der Waals surface area contributed by atoms with Gasteiger partial charge in [-0.05, 0) is 37.1 Å². The zero-order valence-electron chi connectivity index (χ0n) is 10.7. The summed E-state index contributed by atoms with van der Waals surface area (Å²) >= 11 is 0. The van der Waals surface area contributed by atoms with Gasteiger partial charge in [0.15, 0.2) is 0 Å². The Kier molecular flexibility index (Phi) is 5.36. The van der Waals surface area contributed by atoms with Crippen LogP contribution in [0.4, 0.5) is 11.4 Å². The number of aryl methyl sites for hydroxylation is 1. The summed E-state index contributed by atoms with van der Waals surface area (Å²) in [6.07, 6.45) is 0. The van der Waals surface area contributed by atoms with Crippen LogP contribution in [0, 0.1) is 13.8 Å². The molecular weight excluding hydrogens is 334 g/mol. The maximum atomic E-state index is 11.0. The maximum Gasteiger partial charge on any atom is 1.00 e. The molecule has 0 unspecified atom stereocenters. The molecule has 0 amide bonds. The number of carboxylic acid groups (broad SMARTS) is 1.